The molecule has 47 heavy (non-hydrogen) atoms. The molecule has 2 unspecified atom stereocenters. The van der Waals surface area contributed by atoms with Crippen LogP contribution in [0.1, 0.15) is 155 Å². The van der Waals surface area contributed by atoms with Crippen molar-refractivity contribution in [2.24, 2.45) is 0 Å². The van der Waals surface area contributed by atoms with Crippen LogP contribution in [0, 0.1) is 0 Å². The summed E-state index contributed by atoms with van der Waals surface area (Å²) < 4.78 is 5.85. The number of aliphatic hydroxyl groups excluding tert-OH is 1. The molecular formula is C38H66N2O7. The van der Waals surface area contributed by atoms with Gasteiger partial charge in [-0.2, -0.15) is 0 Å². The van der Waals surface area contributed by atoms with Crippen LogP contribution in [-0.2, 0) is 23.9 Å². The van der Waals surface area contributed by atoms with E-state index in [1.165, 1.54) is 51.4 Å². The van der Waals surface area contributed by atoms with Crippen molar-refractivity contribution in [1.82, 2.24) is 10.6 Å². The number of aliphatic hydroxyl groups is 1. The molecular weight excluding hydrogens is 596 g/mol. The van der Waals surface area contributed by atoms with Gasteiger partial charge in [0.05, 0.1) is 13.2 Å². The lowest BCUT2D eigenvalue weighted by atomic mass is 10.1. The standard InChI is InChI=1S/C38H66N2O7/c1-3-5-7-9-11-12-13-14-15-16-17-18-20-26-30-37(44)47-33(27-23-19-10-8-6-4-2)28-24-21-22-25-29-35(42)39-31-36(43)40-34(32-41)38(45)46/h9,11,13-14,23,27,33-34,41H,3-8,10,12,15-22,24-26,28-32H2,1-2H3,(H,39,42)(H,40,43)(H,45,46)/b11-9-,14-13-,27-23-. The average Bonchev–Trinajstić information content (AvgIpc) is 3.05. The Balaban J connectivity index is 4.25. The Morgan fingerprint density at radius 1 is 0.660 bits per heavy atom. The predicted octanol–water partition coefficient (Wildman–Crippen LogP) is 7.87. The van der Waals surface area contributed by atoms with Crippen LogP contribution in [0.4, 0.5) is 0 Å². The van der Waals surface area contributed by atoms with E-state index in [0.29, 0.717) is 12.8 Å². The molecule has 9 heteroatoms. The van der Waals surface area contributed by atoms with Crippen LogP contribution < -0.4 is 10.6 Å². The Morgan fingerprint density at radius 2 is 1.23 bits per heavy atom. The lowest BCUT2D eigenvalue weighted by Crippen LogP contribution is -2.47. The molecule has 0 heterocycles. The first-order chi connectivity index (χ1) is 22.8. The molecule has 0 bridgehead atoms. The highest BCUT2D eigenvalue weighted by atomic mass is 16.5. The number of esters is 1. The number of aliphatic carboxylic acids is 1. The van der Waals surface area contributed by atoms with Crippen molar-refractivity contribution in [2.45, 2.75) is 167 Å². The number of ether oxygens (including phenoxy) is 1. The van der Waals surface area contributed by atoms with Crippen molar-refractivity contribution in [1.29, 1.82) is 0 Å². The number of nitrogens with one attached hydrogen (secondary N) is 2. The quantitative estimate of drug-likeness (QED) is 0.0326. The maximum absolute atomic E-state index is 12.6. The van der Waals surface area contributed by atoms with Crippen LogP contribution in [0.5, 0.6) is 0 Å². The number of allylic oxidation sites excluding steroid dienone is 5. The summed E-state index contributed by atoms with van der Waals surface area (Å²) in [6, 6.07) is -1.39. The van der Waals surface area contributed by atoms with E-state index in [0.717, 1.165) is 70.6 Å². The number of carboxylic acid groups (broad SMARTS) is 1. The number of unbranched alkanes of at least 4 members (excludes halogenated alkanes) is 14. The summed E-state index contributed by atoms with van der Waals surface area (Å²) in [6.45, 7) is 3.35. The normalized spacial score (nSPS) is 12.9. The van der Waals surface area contributed by atoms with Gasteiger partial charge < -0.3 is 25.6 Å². The number of rotatable bonds is 32. The highest BCUT2D eigenvalue weighted by Crippen LogP contribution is 2.15. The summed E-state index contributed by atoms with van der Waals surface area (Å²) in [5, 5.41) is 22.4. The number of amides is 2. The molecule has 0 aromatic carbocycles. The number of hydrogen-bond acceptors (Lipinski definition) is 6. The highest BCUT2D eigenvalue weighted by molar-refractivity contribution is 5.87. The monoisotopic (exact) mass is 662 g/mol. The molecule has 0 aromatic rings. The van der Waals surface area contributed by atoms with Crippen LogP contribution in [0.25, 0.3) is 0 Å². The Kier molecular flexibility index (Phi) is 30.9. The van der Waals surface area contributed by atoms with E-state index >= 15 is 0 Å². The highest BCUT2D eigenvalue weighted by Gasteiger charge is 2.18. The molecule has 2 amide bonds. The van der Waals surface area contributed by atoms with Gasteiger partial charge in [-0.25, -0.2) is 4.79 Å². The van der Waals surface area contributed by atoms with Gasteiger partial charge in [-0.1, -0.05) is 108 Å². The smallest absolute Gasteiger partial charge is 0.328 e. The number of carboxylic acids is 1. The summed E-state index contributed by atoms with van der Waals surface area (Å²) in [5.74, 6) is -2.42. The molecule has 0 spiro atoms. The molecule has 0 aromatic heterocycles. The lowest BCUT2D eigenvalue weighted by Gasteiger charge is -2.15. The maximum atomic E-state index is 12.6. The Hall–Kier alpha value is -2.94. The molecule has 0 fully saturated rings. The van der Waals surface area contributed by atoms with Crippen LogP contribution >= 0.6 is 0 Å². The van der Waals surface area contributed by atoms with Gasteiger partial charge in [0, 0.05) is 12.8 Å². The first-order valence-corrected chi connectivity index (χ1v) is 18.4. The fraction of sp³-hybridized carbons (Fsp3) is 0.737. The van der Waals surface area contributed by atoms with Crippen molar-refractivity contribution >= 4 is 23.8 Å². The third kappa shape index (κ3) is 30.2. The molecule has 0 aliphatic heterocycles. The van der Waals surface area contributed by atoms with Crippen LogP contribution in [-0.4, -0.2) is 59.3 Å². The van der Waals surface area contributed by atoms with Gasteiger partial charge >= 0.3 is 11.9 Å². The molecule has 0 radical (unpaired) electrons. The molecule has 2 atom stereocenters. The topological polar surface area (TPSA) is 142 Å². The van der Waals surface area contributed by atoms with Crippen molar-refractivity contribution in [3.05, 3.63) is 36.5 Å². The maximum Gasteiger partial charge on any atom is 0.328 e. The number of hydrogen-bond donors (Lipinski definition) is 4. The molecule has 0 saturated heterocycles. The van der Waals surface area contributed by atoms with Gasteiger partial charge in [0.15, 0.2) is 0 Å². The van der Waals surface area contributed by atoms with E-state index in [1.54, 1.807) is 0 Å². The van der Waals surface area contributed by atoms with Crippen LogP contribution in [0.3, 0.4) is 0 Å². The van der Waals surface area contributed by atoms with Gasteiger partial charge in [-0.15, -0.1) is 0 Å². The van der Waals surface area contributed by atoms with Gasteiger partial charge in [0.1, 0.15) is 12.1 Å². The van der Waals surface area contributed by atoms with Gasteiger partial charge in [0.25, 0.3) is 0 Å². The van der Waals surface area contributed by atoms with E-state index in [-0.39, 0.29) is 30.9 Å². The number of carbonyl (C=O) groups is 4. The molecule has 0 saturated carbocycles. The largest absolute Gasteiger partial charge is 0.480 e. The lowest BCUT2D eigenvalue weighted by molar-refractivity contribution is -0.147. The Labute approximate surface area is 285 Å². The fourth-order valence-corrected chi connectivity index (χ4v) is 4.93. The van der Waals surface area contributed by atoms with E-state index in [2.05, 4.69) is 54.9 Å². The van der Waals surface area contributed by atoms with Crippen molar-refractivity contribution < 1.29 is 34.1 Å². The van der Waals surface area contributed by atoms with E-state index < -0.39 is 24.5 Å². The van der Waals surface area contributed by atoms with Crippen molar-refractivity contribution in [2.75, 3.05) is 13.2 Å². The zero-order valence-corrected chi connectivity index (χ0v) is 29.5. The van der Waals surface area contributed by atoms with Crippen molar-refractivity contribution in [3.63, 3.8) is 0 Å². The predicted molar refractivity (Wildman–Crippen MR) is 190 cm³/mol. The second kappa shape index (κ2) is 33.0. The molecule has 270 valence electrons. The minimum absolute atomic E-state index is 0.130. The first kappa shape index (κ1) is 44.1. The summed E-state index contributed by atoms with van der Waals surface area (Å²) in [4.78, 5) is 47.2. The second-order valence-corrected chi connectivity index (χ2v) is 12.3. The third-order valence-electron chi connectivity index (χ3n) is 7.84. The minimum Gasteiger partial charge on any atom is -0.480 e. The van der Waals surface area contributed by atoms with E-state index in [9.17, 15) is 19.2 Å². The molecule has 0 aliphatic carbocycles. The van der Waals surface area contributed by atoms with Gasteiger partial charge in [0.2, 0.25) is 11.8 Å². The van der Waals surface area contributed by atoms with E-state index in [4.69, 9.17) is 14.9 Å². The number of carbonyl (C=O) groups excluding carboxylic acids is 3. The zero-order chi connectivity index (χ0) is 34.8. The molecule has 0 rings (SSSR count). The first-order valence-electron chi connectivity index (χ1n) is 18.4. The van der Waals surface area contributed by atoms with Gasteiger partial charge in [-0.05, 0) is 70.3 Å². The minimum atomic E-state index is -1.39. The van der Waals surface area contributed by atoms with Gasteiger partial charge in [-0.3, -0.25) is 14.4 Å². The molecule has 0 aliphatic rings. The zero-order valence-electron chi connectivity index (χ0n) is 29.5. The van der Waals surface area contributed by atoms with Crippen molar-refractivity contribution in [3.8, 4) is 0 Å². The molecule has 4 N–H and O–H groups in total. The summed E-state index contributed by atoms with van der Waals surface area (Å²) in [6.07, 6.45) is 34.8. The Bertz CT molecular complexity index is 900. The SMILES string of the molecule is CCCC/C=C\C/C=C\CCCCCCCC(=O)OC(/C=C\CCCCCC)CCCCCCC(=O)NCC(=O)NC(CO)C(=O)O. The summed E-state index contributed by atoms with van der Waals surface area (Å²) >= 11 is 0. The van der Waals surface area contributed by atoms with Crippen LogP contribution in [0.2, 0.25) is 0 Å². The third-order valence-corrected chi connectivity index (χ3v) is 7.84. The molecule has 9 nitrogen and oxygen atoms in total. The van der Waals surface area contributed by atoms with Crippen LogP contribution in [0.15, 0.2) is 36.5 Å². The van der Waals surface area contributed by atoms with E-state index in [1.807, 2.05) is 6.08 Å². The Morgan fingerprint density at radius 3 is 1.89 bits per heavy atom. The summed E-state index contributed by atoms with van der Waals surface area (Å²) in [5.41, 5.74) is 0. The summed E-state index contributed by atoms with van der Waals surface area (Å²) in [7, 11) is 0. The fourth-order valence-electron chi connectivity index (χ4n) is 4.93. The second-order valence-electron chi connectivity index (χ2n) is 12.3. The average molecular weight is 663 g/mol.